The second-order valence-corrected chi connectivity index (χ2v) is 3.86. The van der Waals surface area contributed by atoms with Gasteiger partial charge in [0.2, 0.25) is 0 Å². The Balaban J connectivity index is 3.09. The highest BCUT2D eigenvalue weighted by Gasteiger charge is 2.08. The smallest absolute Gasteiger partial charge is 0.328 e. The second-order valence-electron chi connectivity index (χ2n) is 3.45. The molecule has 0 aliphatic carbocycles. The van der Waals surface area contributed by atoms with Crippen LogP contribution in [0.3, 0.4) is 0 Å². The van der Waals surface area contributed by atoms with Gasteiger partial charge in [-0.05, 0) is 43.2 Å². The van der Waals surface area contributed by atoms with E-state index in [9.17, 15) is 9.59 Å². The molecule has 0 spiro atoms. The largest absolute Gasteiger partial charge is 0.478 e. The Morgan fingerprint density at radius 1 is 1.19 bits per heavy atom. The molecule has 3 nitrogen and oxygen atoms in total. The van der Waals surface area contributed by atoms with Gasteiger partial charge >= 0.3 is 5.97 Å². The van der Waals surface area contributed by atoms with E-state index in [-0.39, 0.29) is 5.78 Å². The van der Waals surface area contributed by atoms with Crippen LogP contribution in [0.2, 0.25) is 5.02 Å². The average molecular weight is 239 g/mol. The average Bonchev–Trinajstić information content (AvgIpc) is 2.20. The number of carbonyl (C=O) groups is 2. The van der Waals surface area contributed by atoms with Gasteiger partial charge in [-0.3, -0.25) is 4.79 Å². The molecule has 0 unspecified atom stereocenters. The fourth-order valence-electron chi connectivity index (χ4n) is 1.28. The van der Waals surface area contributed by atoms with E-state index in [0.717, 1.165) is 23.3 Å². The van der Waals surface area contributed by atoms with Crippen molar-refractivity contribution in [1.29, 1.82) is 0 Å². The molecule has 1 aromatic rings. The first-order valence-electron chi connectivity index (χ1n) is 4.64. The number of hydrogen-bond acceptors (Lipinski definition) is 2. The topological polar surface area (TPSA) is 54.4 Å². The molecule has 4 heteroatoms. The zero-order valence-electron chi connectivity index (χ0n) is 8.95. The van der Waals surface area contributed by atoms with Gasteiger partial charge < -0.3 is 5.11 Å². The van der Waals surface area contributed by atoms with Crippen LogP contribution in [-0.2, 0) is 4.79 Å². The van der Waals surface area contributed by atoms with Gasteiger partial charge in [0, 0.05) is 16.7 Å². The monoisotopic (exact) mass is 238 g/mol. The number of benzene rings is 1. The van der Waals surface area contributed by atoms with Crippen LogP contribution >= 0.6 is 11.6 Å². The maximum Gasteiger partial charge on any atom is 0.328 e. The van der Waals surface area contributed by atoms with E-state index >= 15 is 0 Å². The summed E-state index contributed by atoms with van der Waals surface area (Å²) in [6, 6.07) is 3.35. The maximum atomic E-state index is 11.6. The summed E-state index contributed by atoms with van der Waals surface area (Å²) in [4.78, 5) is 21.9. The highest BCUT2D eigenvalue weighted by Crippen LogP contribution is 2.20. The number of allylic oxidation sites excluding steroid dienone is 1. The molecule has 0 fully saturated rings. The molecule has 0 bridgehead atoms. The maximum absolute atomic E-state index is 11.6. The van der Waals surface area contributed by atoms with Crippen LogP contribution in [-0.4, -0.2) is 16.9 Å². The van der Waals surface area contributed by atoms with E-state index in [1.54, 1.807) is 26.0 Å². The van der Waals surface area contributed by atoms with Crippen molar-refractivity contribution in [3.63, 3.8) is 0 Å². The van der Waals surface area contributed by atoms with Crippen molar-refractivity contribution in [3.8, 4) is 0 Å². The third kappa shape index (κ3) is 2.94. The van der Waals surface area contributed by atoms with Crippen LogP contribution in [0.4, 0.5) is 0 Å². The summed E-state index contributed by atoms with van der Waals surface area (Å²) in [6.45, 7) is 3.55. The van der Waals surface area contributed by atoms with E-state index in [2.05, 4.69) is 0 Å². The fourth-order valence-corrected chi connectivity index (χ4v) is 1.50. The highest BCUT2D eigenvalue weighted by atomic mass is 35.5. The number of carboxylic acids is 1. The summed E-state index contributed by atoms with van der Waals surface area (Å²) < 4.78 is 0. The van der Waals surface area contributed by atoms with Gasteiger partial charge in [-0.2, -0.15) is 0 Å². The molecule has 0 saturated carbocycles. The first-order chi connectivity index (χ1) is 7.41. The van der Waals surface area contributed by atoms with E-state index in [1.165, 1.54) is 0 Å². The molecule has 0 aliphatic rings. The number of halogens is 1. The van der Waals surface area contributed by atoms with Gasteiger partial charge in [-0.1, -0.05) is 11.6 Å². The molecule has 0 amide bonds. The second kappa shape index (κ2) is 4.94. The van der Waals surface area contributed by atoms with Crippen LogP contribution in [0.1, 0.15) is 21.5 Å². The number of hydrogen-bond donors (Lipinski definition) is 1. The zero-order chi connectivity index (χ0) is 12.3. The van der Waals surface area contributed by atoms with Gasteiger partial charge in [0.25, 0.3) is 0 Å². The Kier molecular flexibility index (Phi) is 3.85. The van der Waals surface area contributed by atoms with Crippen molar-refractivity contribution in [2.45, 2.75) is 13.8 Å². The molecule has 1 rings (SSSR count). The molecular weight excluding hydrogens is 228 g/mol. The number of rotatable bonds is 3. The van der Waals surface area contributed by atoms with Gasteiger partial charge in [-0.15, -0.1) is 0 Å². The Morgan fingerprint density at radius 3 is 2.38 bits per heavy atom. The summed E-state index contributed by atoms with van der Waals surface area (Å²) in [5.41, 5.74) is 1.99. The SMILES string of the molecule is Cc1cc(C(=O)/C=C/C(=O)O)c(C)cc1Cl. The van der Waals surface area contributed by atoms with Crippen LogP contribution < -0.4 is 0 Å². The van der Waals surface area contributed by atoms with Crippen molar-refractivity contribution in [3.05, 3.63) is 46.0 Å². The third-order valence-electron chi connectivity index (χ3n) is 2.15. The van der Waals surface area contributed by atoms with E-state index in [4.69, 9.17) is 16.7 Å². The van der Waals surface area contributed by atoms with Crippen LogP contribution in [0.5, 0.6) is 0 Å². The number of carbonyl (C=O) groups excluding carboxylic acids is 1. The minimum Gasteiger partial charge on any atom is -0.478 e. The Bertz CT molecular complexity index is 475. The van der Waals surface area contributed by atoms with Crippen molar-refractivity contribution < 1.29 is 14.7 Å². The lowest BCUT2D eigenvalue weighted by Crippen LogP contribution is -2.00. The lowest BCUT2D eigenvalue weighted by molar-refractivity contribution is -0.131. The van der Waals surface area contributed by atoms with E-state index in [1.807, 2.05) is 0 Å². The van der Waals surface area contributed by atoms with Gasteiger partial charge in [0.15, 0.2) is 5.78 Å². The van der Waals surface area contributed by atoms with Crippen LogP contribution in [0.15, 0.2) is 24.3 Å². The van der Waals surface area contributed by atoms with Crippen molar-refractivity contribution in [2.24, 2.45) is 0 Å². The Hall–Kier alpha value is -1.61. The number of ketones is 1. The normalized spacial score (nSPS) is 10.7. The van der Waals surface area contributed by atoms with Crippen molar-refractivity contribution in [1.82, 2.24) is 0 Å². The molecule has 1 N–H and O–H groups in total. The standard InChI is InChI=1S/C12H11ClO3/c1-7-6-10(13)8(2)5-9(7)11(14)3-4-12(15)16/h3-6H,1-2H3,(H,15,16)/b4-3+. The summed E-state index contributed by atoms with van der Waals surface area (Å²) >= 11 is 5.89. The highest BCUT2D eigenvalue weighted by molar-refractivity contribution is 6.31. The molecule has 0 saturated heterocycles. The first-order valence-corrected chi connectivity index (χ1v) is 5.01. The zero-order valence-corrected chi connectivity index (χ0v) is 9.71. The molecule has 16 heavy (non-hydrogen) atoms. The predicted molar refractivity (Wildman–Crippen MR) is 62.0 cm³/mol. The first kappa shape index (κ1) is 12.5. The Morgan fingerprint density at radius 2 is 1.81 bits per heavy atom. The number of carboxylic acid groups (broad SMARTS) is 1. The summed E-state index contributed by atoms with van der Waals surface area (Å²) in [5.74, 6) is -1.48. The lowest BCUT2D eigenvalue weighted by Gasteiger charge is -2.05. The fraction of sp³-hybridized carbons (Fsp3) is 0.167. The van der Waals surface area contributed by atoms with E-state index in [0.29, 0.717) is 10.6 Å². The predicted octanol–water partition coefficient (Wildman–Crippen LogP) is 2.78. The number of aliphatic carboxylic acids is 1. The quantitative estimate of drug-likeness (QED) is 0.651. The van der Waals surface area contributed by atoms with Crippen molar-refractivity contribution in [2.75, 3.05) is 0 Å². The summed E-state index contributed by atoms with van der Waals surface area (Å²) in [6.07, 6.45) is 1.86. The molecule has 1 aromatic carbocycles. The van der Waals surface area contributed by atoms with Crippen LogP contribution in [0.25, 0.3) is 0 Å². The minimum absolute atomic E-state index is 0.334. The van der Waals surface area contributed by atoms with Crippen molar-refractivity contribution >= 4 is 23.4 Å². The van der Waals surface area contributed by atoms with Gasteiger partial charge in [0.05, 0.1) is 0 Å². The molecule has 0 atom stereocenters. The lowest BCUT2D eigenvalue weighted by atomic mass is 10.0. The molecule has 0 heterocycles. The molecule has 0 aliphatic heterocycles. The summed E-state index contributed by atoms with van der Waals surface area (Å²) in [7, 11) is 0. The van der Waals surface area contributed by atoms with E-state index < -0.39 is 5.97 Å². The molecule has 0 aromatic heterocycles. The summed E-state index contributed by atoms with van der Waals surface area (Å²) in [5, 5.41) is 9.01. The molecule has 84 valence electrons. The van der Waals surface area contributed by atoms with Gasteiger partial charge in [-0.25, -0.2) is 4.79 Å². The minimum atomic E-state index is -1.14. The number of aryl methyl sites for hydroxylation is 2. The van der Waals surface area contributed by atoms with Crippen LogP contribution in [0, 0.1) is 13.8 Å². The molecular formula is C12H11ClO3. The Labute approximate surface area is 98.4 Å². The third-order valence-corrected chi connectivity index (χ3v) is 2.56. The van der Waals surface area contributed by atoms with Gasteiger partial charge in [0.1, 0.15) is 0 Å². The molecule has 0 radical (unpaired) electrons.